The first kappa shape index (κ1) is 11.6. The minimum atomic E-state index is -0.344. The molecule has 0 unspecified atom stereocenters. The van der Waals surface area contributed by atoms with Crippen molar-refractivity contribution in [1.29, 1.82) is 0 Å². The molecule has 0 aromatic heterocycles. The molecule has 15 heavy (non-hydrogen) atoms. The summed E-state index contributed by atoms with van der Waals surface area (Å²) in [6, 6.07) is 7.64. The van der Waals surface area contributed by atoms with Crippen molar-refractivity contribution in [1.82, 2.24) is 4.90 Å². The van der Waals surface area contributed by atoms with Crippen molar-refractivity contribution in [3.05, 3.63) is 29.8 Å². The van der Waals surface area contributed by atoms with Crippen LogP contribution in [0.5, 0.6) is 5.75 Å². The number of amides is 1. The van der Waals surface area contributed by atoms with Crippen LogP contribution in [-0.2, 0) is 6.42 Å². The minimum Gasteiger partial charge on any atom is -0.410 e. The van der Waals surface area contributed by atoms with E-state index in [1.807, 2.05) is 18.2 Å². The number of rotatable bonds is 3. The molecule has 1 rings (SSSR count). The largest absolute Gasteiger partial charge is 0.414 e. The number of nitrogens with zero attached hydrogens (tertiary/aromatic N) is 1. The Balaban J connectivity index is 2.69. The molecule has 0 bridgehead atoms. The topological polar surface area (TPSA) is 29.5 Å². The van der Waals surface area contributed by atoms with Crippen LogP contribution in [-0.4, -0.2) is 25.1 Å². The molecule has 1 amide bonds. The zero-order valence-electron chi connectivity index (χ0n) is 9.49. The fourth-order valence-electron chi connectivity index (χ4n) is 1.25. The lowest BCUT2D eigenvalue weighted by atomic mass is 10.1. The molecule has 0 aliphatic rings. The highest BCUT2D eigenvalue weighted by Crippen LogP contribution is 2.15. The summed E-state index contributed by atoms with van der Waals surface area (Å²) in [7, 11) is 3.33. The summed E-state index contributed by atoms with van der Waals surface area (Å²) < 4.78 is 5.15. The molecule has 0 saturated heterocycles. The van der Waals surface area contributed by atoms with Crippen LogP contribution >= 0.6 is 0 Å². The van der Waals surface area contributed by atoms with Gasteiger partial charge < -0.3 is 9.64 Å². The fraction of sp³-hybridized carbons (Fsp3) is 0.417. The first-order chi connectivity index (χ1) is 7.13. The molecule has 0 fully saturated rings. The highest BCUT2D eigenvalue weighted by atomic mass is 16.6. The summed E-state index contributed by atoms with van der Waals surface area (Å²) in [5, 5.41) is 0. The molecule has 0 aliphatic heterocycles. The lowest BCUT2D eigenvalue weighted by molar-refractivity contribution is 0.172. The molecule has 0 radical (unpaired) electrons. The van der Waals surface area contributed by atoms with E-state index in [0.29, 0.717) is 5.75 Å². The third kappa shape index (κ3) is 3.62. The van der Waals surface area contributed by atoms with E-state index in [9.17, 15) is 4.79 Å². The van der Waals surface area contributed by atoms with Crippen LogP contribution in [0.4, 0.5) is 4.79 Å². The van der Waals surface area contributed by atoms with E-state index in [1.54, 1.807) is 20.2 Å². The summed E-state index contributed by atoms with van der Waals surface area (Å²) in [5.74, 6) is 0.611. The van der Waals surface area contributed by atoms with Crippen molar-refractivity contribution >= 4 is 6.09 Å². The van der Waals surface area contributed by atoms with Gasteiger partial charge in [-0.3, -0.25) is 0 Å². The van der Waals surface area contributed by atoms with Gasteiger partial charge in [0.05, 0.1) is 0 Å². The second-order valence-corrected chi connectivity index (χ2v) is 3.66. The van der Waals surface area contributed by atoms with E-state index in [2.05, 4.69) is 6.92 Å². The molecule has 1 aromatic carbocycles. The van der Waals surface area contributed by atoms with Gasteiger partial charge in [0, 0.05) is 14.1 Å². The van der Waals surface area contributed by atoms with Gasteiger partial charge >= 0.3 is 6.09 Å². The fourth-order valence-corrected chi connectivity index (χ4v) is 1.25. The molecule has 3 nitrogen and oxygen atoms in total. The van der Waals surface area contributed by atoms with E-state index >= 15 is 0 Å². The molecule has 0 N–H and O–H groups in total. The van der Waals surface area contributed by atoms with Crippen molar-refractivity contribution in [3.8, 4) is 5.75 Å². The number of hydrogen-bond acceptors (Lipinski definition) is 2. The quantitative estimate of drug-likeness (QED) is 0.762. The third-order valence-electron chi connectivity index (χ3n) is 2.01. The van der Waals surface area contributed by atoms with Gasteiger partial charge in [0.25, 0.3) is 0 Å². The number of carbonyl (C=O) groups excluding carboxylic acids is 1. The van der Waals surface area contributed by atoms with Gasteiger partial charge in [0.2, 0.25) is 0 Å². The summed E-state index contributed by atoms with van der Waals surface area (Å²) in [6.45, 7) is 2.12. The smallest absolute Gasteiger partial charge is 0.410 e. The summed E-state index contributed by atoms with van der Waals surface area (Å²) in [6.07, 6.45) is 1.75. The lowest BCUT2D eigenvalue weighted by Crippen LogP contribution is -2.25. The summed E-state index contributed by atoms with van der Waals surface area (Å²) in [5.41, 5.74) is 1.20. The predicted molar refractivity (Wildman–Crippen MR) is 60.1 cm³/mol. The third-order valence-corrected chi connectivity index (χ3v) is 2.01. The normalized spacial score (nSPS) is 9.80. The summed E-state index contributed by atoms with van der Waals surface area (Å²) >= 11 is 0. The van der Waals surface area contributed by atoms with E-state index in [-0.39, 0.29) is 6.09 Å². The van der Waals surface area contributed by atoms with Gasteiger partial charge in [0.1, 0.15) is 5.75 Å². The average molecular weight is 207 g/mol. The molecular formula is C12H17NO2. The van der Waals surface area contributed by atoms with E-state index in [0.717, 1.165) is 12.8 Å². The maximum Gasteiger partial charge on any atom is 0.414 e. The number of hydrogen-bond donors (Lipinski definition) is 0. The maximum atomic E-state index is 11.3. The Hall–Kier alpha value is -1.51. The van der Waals surface area contributed by atoms with Gasteiger partial charge in [-0.25, -0.2) is 4.79 Å². The molecule has 0 spiro atoms. The van der Waals surface area contributed by atoms with Crippen LogP contribution in [0.3, 0.4) is 0 Å². The standard InChI is InChI=1S/C12H17NO2/c1-4-6-10-7-5-8-11(9-10)15-12(14)13(2)3/h5,7-9H,4,6H2,1-3H3. The van der Waals surface area contributed by atoms with Gasteiger partial charge in [0.15, 0.2) is 0 Å². The Morgan fingerprint density at radius 3 is 2.73 bits per heavy atom. The first-order valence-electron chi connectivity index (χ1n) is 5.11. The number of ether oxygens (including phenoxy) is 1. The molecule has 1 aromatic rings. The van der Waals surface area contributed by atoms with Crippen molar-refractivity contribution < 1.29 is 9.53 Å². The molecule has 0 heterocycles. The van der Waals surface area contributed by atoms with Gasteiger partial charge in [-0.15, -0.1) is 0 Å². The van der Waals surface area contributed by atoms with E-state index < -0.39 is 0 Å². The van der Waals surface area contributed by atoms with Crippen molar-refractivity contribution in [2.75, 3.05) is 14.1 Å². The van der Waals surface area contributed by atoms with Crippen LogP contribution in [0.2, 0.25) is 0 Å². The van der Waals surface area contributed by atoms with Crippen molar-refractivity contribution in [2.45, 2.75) is 19.8 Å². The number of aryl methyl sites for hydroxylation is 1. The van der Waals surface area contributed by atoms with Gasteiger partial charge in [-0.2, -0.15) is 0 Å². The van der Waals surface area contributed by atoms with Crippen molar-refractivity contribution in [3.63, 3.8) is 0 Å². The average Bonchev–Trinajstić information content (AvgIpc) is 2.18. The Morgan fingerprint density at radius 1 is 1.40 bits per heavy atom. The number of carbonyl (C=O) groups is 1. The van der Waals surface area contributed by atoms with Crippen LogP contribution < -0.4 is 4.74 Å². The Labute approximate surface area is 90.7 Å². The van der Waals surface area contributed by atoms with Crippen LogP contribution in [0.15, 0.2) is 24.3 Å². The second kappa shape index (κ2) is 5.39. The van der Waals surface area contributed by atoms with Crippen LogP contribution in [0.1, 0.15) is 18.9 Å². The first-order valence-corrected chi connectivity index (χ1v) is 5.11. The zero-order valence-corrected chi connectivity index (χ0v) is 9.49. The van der Waals surface area contributed by atoms with Crippen LogP contribution in [0.25, 0.3) is 0 Å². The molecule has 0 aliphatic carbocycles. The SMILES string of the molecule is CCCc1cccc(OC(=O)N(C)C)c1. The van der Waals surface area contributed by atoms with Crippen molar-refractivity contribution in [2.24, 2.45) is 0 Å². The highest BCUT2D eigenvalue weighted by Gasteiger charge is 2.06. The molecule has 0 saturated carbocycles. The van der Waals surface area contributed by atoms with E-state index in [4.69, 9.17) is 4.74 Å². The zero-order chi connectivity index (χ0) is 11.3. The van der Waals surface area contributed by atoms with E-state index in [1.165, 1.54) is 10.5 Å². The molecular weight excluding hydrogens is 190 g/mol. The lowest BCUT2D eigenvalue weighted by Gasteiger charge is -2.11. The van der Waals surface area contributed by atoms with Gasteiger partial charge in [-0.1, -0.05) is 25.5 Å². The monoisotopic (exact) mass is 207 g/mol. The predicted octanol–water partition coefficient (Wildman–Crippen LogP) is 2.70. The molecule has 0 atom stereocenters. The molecule has 82 valence electrons. The maximum absolute atomic E-state index is 11.3. The Morgan fingerprint density at radius 2 is 2.13 bits per heavy atom. The molecule has 3 heteroatoms. The van der Waals surface area contributed by atoms with Crippen LogP contribution in [0, 0.1) is 0 Å². The minimum absolute atomic E-state index is 0.344. The Kier molecular flexibility index (Phi) is 4.16. The Bertz CT molecular complexity index is 334. The second-order valence-electron chi connectivity index (χ2n) is 3.66. The van der Waals surface area contributed by atoms with Gasteiger partial charge in [-0.05, 0) is 24.1 Å². The number of benzene rings is 1. The highest BCUT2D eigenvalue weighted by molar-refractivity contribution is 5.69. The summed E-state index contributed by atoms with van der Waals surface area (Å²) in [4.78, 5) is 12.7.